The summed E-state index contributed by atoms with van der Waals surface area (Å²) in [5.41, 5.74) is 5.49. The highest BCUT2D eigenvalue weighted by Crippen LogP contribution is 1.83. The molecule has 1 atom stereocenters. The summed E-state index contributed by atoms with van der Waals surface area (Å²) >= 11 is 0. The first-order valence-corrected chi connectivity index (χ1v) is 5.40. The fraction of sp³-hybridized carbons (Fsp3) is 0.800. The molecule has 16 heavy (non-hydrogen) atoms. The van der Waals surface area contributed by atoms with Crippen LogP contribution in [0.2, 0.25) is 0 Å². The summed E-state index contributed by atoms with van der Waals surface area (Å²) < 4.78 is 4.74. The van der Waals surface area contributed by atoms with Gasteiger partial charge in [0.05, 0.1) is 6.61 Å². The molecule has 0 aromatic heterocycles. The molecular formula is C10H21N3O3. The number of rotatable bonds is 8. The van der Waals surface area contributed by atoms with Crippen LogP contribution in [0.4, 0.5) is 0 Å². The standard InChI is InChI=1S/C10H21N3O3/c1-3-5-12-9(14)4-6-13-10(15)8(11)7-16-2/h8H,3-7,11H2,1-2H3,(H,12,14)(H,13,15). The first kappa shape index (κ1) is 14.9. The fourth-order valence-electron chi connectivity index (χ4n) is 1.04. The molecule has 0 saturated heterocycles. The molecule has 0 fully saturated rings. The highest BCUT2D eigenvalue weighted by Gasteiger charge is 2.12. The van der Waals surface area contributed by atoms with Gasteiger partial charge < -0.3 is 21.1 Å². The SMILES string of the molecule is CCCNC(=O)CCNC(=O)C(N)COC. The molecule has 6 nitrogen and oxygen atoms in total. The molecule has 0 aromatic rings. The fourth-order valence-corrected chi connectivity index (χ4v) is 1.04. The van der Waals surface area contributed by atoms with Gasteiger partial charge in [-0.25, -0.2) is 0 Å². The zero-order valence-electron chi connectivity index (χ0n) is 9.91. The van der Waals surface area contributed by atoms with E-state index >= 15 is 0 Å². The molecule has 0 spiro atoms. The van der Waals surface area contributed by atoms with Crippen molar-refractivity contribution in [2.45, 2.75) is 25.8 Å². The normalized spacial score (nSPS) is 11.9. The number of ether oxygens (including phenoxy) is 1. The molecule has 0 bridgehead atoms. The lowest BCUT2D eigenvalue weighted by Crippen LogP contribution is -2.44. The van der Waals surface area contributed by atoms with Gasteiger partial charge in [-0.2, -0.15) is 0 Å². The van der Waals surface area contributed by atoms with Crippen LogP contribution in [0.1, 0.15) is 19.8 Å². The smallest absolute Gasteiger partial charge is 0.239 e. The van der Waals surface area contributed by atoms with Crippen LogP contribution in [0, 0.1) is 0 Å². The molecule has 2 amide bonds. The maximum absolute atomic E-state index is 11.3. The second-order valence-corrected chi connectivity index (χ2v) is 3.45. The van der Waals surface area contributed by atoms with E-state index in [2.05, 4.69) is 10.6 Å². The Hall–Kier alpha value is -1.14. The Balaban J connectivity index is 3.57. The molecule has 0 rings (SSSR count). The topological polar surface area (TPSA) is 93.5 Å². The van der Waals surface area contributed by atoms with Gasteiger partial charge in [-0.3, -0.25) is 9.59 Å². The number of carbonyl (C=O) groups excluding carboxylic acids is 2. The molecule has 0 radical (unpaired) electrons. The molecule has 0 aliphatic heterocycles. The Bertz CT molecular complexity index is 221. The van der Waals surface area contributed by atoms with E-state index in [0.717, 1.165) is 6.42 Å². The third-order valence-corrected chi connectivity index (χ3v) is 1.91. The van der Waals surface area contributed by atoms with Crippen molar-refractivity contribution >= 4 is 11.8 Å². The number of amides is 2. The van der Waals surface area contributed by atoms with Crippen molar-refractivity contribution in [3.8, 4) is 0 Å². The maximum atomic E-state index is 11.3. The number of nitrogens with two attached hydrogens (primary N) is 1. The number of carbonyl (C=O) groups is 2. The lowest BCUT2D eigenvalue weighted by Gasteiger charge is -2.10. The van der Waals surface area contributed by atoms with Crippen LogP contribution in [-0.2, 0) is 14.3 Å². The average Bonchev–Trinajstić information content (AvgIpc) is 2.26. The van der Waals surface area contributed by atoms with Crippen LogP contribution in [0.15, 0.2) is 0 Å². The lowest BCUT2D eigenvalue weighted by atomic mass is 10.3. The van der Waals surface area contributed by atoms with E-state index in [-0.39, 0.29) is 24.8 Å². The van der Waals surface area contributed by atoms with Gasteiger partial charge in [0, 0.05) is 26.6 Å². The summed E-state index contributed by atoms with van der Waals surface area (Å²) in [5.74, 6) is -0.368. The predicted octanol–water partition coefficient (Wildman–Crippen LogP) is -1.01. The van der Waals surface area contributed by atoms with Crippen molar-refractivity contribution in [3.05, 3.63) is 0 Å². The monoisotopic (exact) mass is 231 g/mol. The minimum absolute atomic E-state index is 0.0672. The van der Waals surface area contributed by atoms with Gasteiger partial charge in [0.1, 0.15) is 6.04 Å². The van der Waals surface area contributed by atoms with Crippen LogP contribution in [0.3, 0.4) is 0 Å². The summed E-state index contributed by atoms with van der Waals surface area (Å²) in [7, 11) is 1.48. The molecule has 0 aromatic carbocycles. The Labute approximate surface area is 95.9 Å². The van der Waals surface area contributed by atoms with Crippen LogP contribution in [0.5, 0.6) is 0 Å². The van der Waals surface area contributed by atoms with Crippen molar-refractivity contribution in [1.29, 1.82) is 0 Å². The second kappa shape index (κ2) is 9.11. The van der Waals surface area contributed by atoms with Crippen molar-refractivity contribution in [3.63, 3.8) is 0 Å². The van der Waals surface area contributed by atoms with Gasteiger partial charge in [-0.1, -0.05) is 6.92 Å². The van der Waals surface area contributed by atoms with E-state index < -0.39 is 6.04 Å². The molecular weight excluding hydrogens is 210 g/mol. The van der Waals surface area contributed by atoms with E-state index in [9.17, 15) is 9.59 Å². The second-order valence-electron chi connectivity index (χ2n) is 3.45. The van der Waals surface area contributed by atoms with Gasteiger partial charge in [-0.05, 0) is 6.42 Å². The van der Waals surface area contributed by atoms with Gasteiger partial charge in [0.25, 0.3) is 0 Å². The quantitative estimate of drug-likeness (QED) is 0.499. The summed E-state index contributed by atoms with van der Waals surface area (Å²) in [6.45, 7) is 3.11. The highest BCUT2D eigenvalue weighted by atomic mass is 16.5. The molecule has 0 heterocycles. The van der Waals surface area contributed by atoms with E-state index in [1.165, 1.54) is 7.11 Å². The molecule has 4 N–H and O–H groups in total. The molecule has 1 unspecified atom stereocenters. The van der Waals surface area contributed by atoms with E-state index in [4.69, 9.17) is 10.5 Å². The van der Waals surface area contributed by atoms with Crippen LogP contribution in [0.25, 0.3) is 0 Å². The van der Waals surface area contributed by atoms with Crippen molar-refractivity contribution in [2.24, 2.45) is 5.73 Å². The lowest BCUT2D eigenvalue weighted by molar-refractivity contribution is -0.124. The zero-order valence-corrected chi connectivity index (χ0v) is 9.91. The van der Waals surface area contributed by atoms with Crippen LogP contribution in [-0.4, -0.2) is 44.7 Å². The third-order valence-electron chi connectivity index (χ3n) is 1.91. The van der Waals surface area contributed by atoms with Crippen LogP contribution < -0.4 is 16.4 Å². The van der Waals surface area contributed by atoms with E-state index in [1.54, 1.807) is 0 Å². The highest BCUT2D eigenvalue weighted by molar-refractivity contribution is 5.82. The number of nitrogens with one attached hydrogen (secondary N) is 2. The van der Waals surface area contributed by atoms with Gasteiger partial charge >= 0.3 is 0 Å². The van der Waals surface area contributed by atoms with Crippen LogP contribution >= 0.6 is 0 Å². The Morgan fingerprint density at radius 1 is 1.31 bits per heavy atom. The van der Waals surface area contributed by atoms with E-state index in [1.807, 2.05) is 6.92 Å². The van der Waals surface area contributed by atoms with Crippen molar-refractivity contribution < 1.29 is 14.3 Å². The molecule has 0 saturated carbocycles. The van der Waals surface area contributed by atoms with Gasteiger partial charge in [0.2, 0.25) is 11.8 Å². The summed E-state index contributed by atoms with van der Waals surface area (Å²) in [6, 6.07) is -0.677. The largest absolute Gasteiger partial charge is 0.383 e. The number of methoxy groups -OCH3 is 1. The summed E-state index contributed by atoms with van der Waals surface area (Å²) in [4.78, 5) is 22.4. The average molecular weight is 231 g/mol. The summed E-state index contributed by atoms with van der Waals surface area (Å²) in [6.07, 6.45) is 1.17. The molecule has 0 aliphatic carbocycles. The van der Waals surface area contributed by atoms with Gasteiger partial charge in [0.15, 0.2) is 0 Å². The maximum Gasteiger partial charge on any atom is 0.239 e. The minimum atomic E-state index is -0.677. The third kappa shape index (κ3) is 7.19. The Morgan fingerprint density at radius 2 is 2.00 bits per heavy atom. The molecule has 0 aliphatic rings. The van der Waals surface area contributed by atoms with E-state index in [0.29, 0.717) is 13.1 Å². The Morgan fingerprint density at radius 3 is 2.56 bits per heavy atom. The molecule has 94 valence electrons. The Kier molecular flexibility index (Phi) is 8.46. The number of hydrogen-bond acceptors (Lipinski definition) is 4. The molecule has 6 heteroatoms. The van der Waals surface area contributed by atoms with Crippen molar-refractivity contribution in [2.75, 3.05) is 26.8 Å². The summed E-state index contributed by atoms with van der Waals surface area (Å²) in [5, 5.41) is 5.28. The first-order valence-electron chi connectivity index (χ1n) is 5.40. The number of hydrogen-bond donors (Lipinski definition) is 3. The van der Waals surface area contributed by atoms with Crippen molar-refractivity contribution in [1.82, 2.24) is 10.6 Å². The van der Waals surface area contributed by atoms with Gasteiger partial charge in [-0.15, -0.1) is 0 Å². The minimum Gasteiger partial charge on any atom is -0.383 e. The zero-order chi connectivity index (χ0) is 12.4. The first-order chi connectivity index (χ1) is 7.61. The predicted molar refractivity (Wildman–Crippen MR) is 60.8 cm³/mol.